The minimum atomic E-state index is -0.0759. The molecule has 0 spiro atoms. The fourth-order valence-corrected chi connectivity index (χ4v) is 1.51. The van der Waals surface area contributed by atoms with Crippen molar-refractivity contribution in [2.24, 2.45) is 0 Å². The molecule has 0 fully saturated rings. The molecule has 0 atom stereocenters. The predicted molar refractivity (Wildman–Crippen MR) is 67.7 cm³/mol. The topological polar surface area (TPSA) is 64.9 Å². The van der Waals surface area contributed by atoms with Crippen LogP contribution in [0.4, 0.5) is 5.69 Å². The standard InChI is InChI=1S/C13H17N3O/c1-3-15-8-7-13(17)16-12-6-4-5-10(2)11(12)9-14/h4-6,15H,3,7-8H2,1-2H3,(H,16,17). The Balaban J connectivity index is 2.66. The van der Waals surface area contributed by atoms with Gasteiger partial charge in [-0.1, -0.05) is 19.1 Å². The van der Waals surface area contributed by atoms with E-state index in [0.717, 1.165) is 12.1 Å². The molecule has 17 heavy (non-hydrogen) atoms. The normalized spacial score (nSPS) is 9.71. The van der Waals surface area contributed by atoms with Crippen LogP contribution < -0.4 is 10.6 Å². The summed E-state index contributed by atoms with van der Waals surface area (Å²) < 4.78 is 0. The lowest BCUT2D eigenvalue weighted by Gasteiger charge is -2.08. The first-order valence-electron chi connectivity index (χ1n) is 5.69. The lowest BCUT2D eigenvalue weighted by Crippen LogP contribution is -2.21. The minimum Gasteiger partial charge on any atom is -0.325 e. The lowest BCUT2D eigenvalue weighted by molar-refractivity contribution is -0.116. The molecule has 0 unspecified atom stereocenters. The van der Waals surface area contributed by atoms with Crippen LogP contribution in [0, 0.1) is 18.3 Å². The number of nitrogens with one attached hydrogen (secondary N) is 2. The molecule has 0 saturated heterocycles. The molecule has 0 radical (unpaired) electrons. The van der Waals surface area contributed by atoms with Gasteiger partial charge in [0.1, 0.15) is 6.07 Å². The van der Waals surface area contributed by atoms with Crippen molar-refractivity contribution in [1.82, 2.24) is 5.32 Å². The van der Waals surface area contributed by atoms with Crippen LogP contribution in [0.5, 0.6) is 0 Å². The summed E-state index contributed by atoms with van der Waals surface area (Å²) in [6.45, 7) is 5.34. The Morgan fingerprint density at radius 2 is 2.24 bits per heavy atom. The first-order chi connectivity index (χ1) is 8.19. The number of anilines is 1. The number of benzene rings is 1. The fourth-order valence-electron chi connectivity index (χ4n) is 1.51. The molecule has 0 heterocycles. The van der Waals surface area contributed by atoms with Gasteiger partial charge < -0.3 is 10.6 Å². The quantitative estimate of drug-likeness (QED) is 0.759. The second-order valence-electron chi connectivity index (χ2n) is 3.76. The number of hydrogen-bond donors (Lipinski definition) is 2. The van der Waals surface area contributed by atoms with Gasteiger partial charge in [-0.3, -0.25) is 4.79 Å². The molecule has 1 amide bonds. The van der Waals surface area contributed by atoms with E-state index < -0.39 is 0 Å². The molecule has 0 aliphatic heterocycles. The van der Waals surface area contributed by atoms with Gasteiger partial charge in [-0.05, 0) is 25.1 Å². The highest BCUT2D eigenvalue weighted by molar-refractivity contribution is 5.92. The zero-order chi connectivity index (χ0) is 12.7. The number of carbonyl (C=O) groups is 1. The summed E-state index contributed by atoms with van der Waals surface area (Å²) in [5.41, 5.74) is 2.00. The fraction of sp³-hybridized carbons (Fsp3) is 0.385. The van der Waals surface area contributed by atoms with Crippen LogP contribution in [0.3, 0.4) is 0 Å². The van der Waals surface area contributed by atoms with Crippen LogP contribution in [0.25, 0.3) is 0 Å². The van der Waals surface area contributed by atoms with E-state index in [9.17, 15) is 4.79 Å². The Morgan fingerprint density at radius 1 is 1.47 bits per heavy atom. The van der Waals surface area contributed by atoms with Gasteiger partial charge in [-0.2, -0.15) is 5.26 Å². The zero-order valence-corrected chi connectivity index (χ0v) is 10.2. The van der Waals surface area contributed by atoms with Gasteiger partial charge in [0.2, 0.25) is 5.91 Å². The second-order valence-corrected chi connectivity index (χ2v) is 3.76. The molecule has 4 heteroatoms. The van der Waals surface area contributed by atoms with Gasteiger partial charge in [0.05, 0.1) is 11.3 Å². The maximum atomic E-state index is 11.6. The van der Waals surface area contributed by atoms with E-state index in [2.05, 4.69) is 16.7 Å². The number of amides is 1. The lowest BCUT2D eigenvalue weighted by atomic mass is 10.1. The van der Waals surface area contributed by atoms with E-state index in [-0.39, 0.29) is 5.91 Å². The molecule has 0 bridgehead atoms. The predicted octanol–water partition coefficient (Wildman–Crippen LogP) is 1.80. The highest BCUT2D eigenvalue weighted by atomic mass is 16.1. The Kier molecular flexibility index (Phi) is 5.18. The Bertz CT molecular complexity index is 435. The highest BCUT2D eigenvalue weighted by Crippen LogP contribution is 2.18. The molecule has 0 saturated carbocycles. The van der Waals surface area contributed by atoms with Gasteiger partial charge in [-0.25, -0.2) is 0 Å². The van der Waals surface area contributed by atoms with Crippen molar-refractivity contribution in [2.45, 2.75) is 20.3 Å². The summed E-state index contributed by atoms with van der Waals surface area (Å²) in [6.07, 6.45) is 0.409. The van der Waals surface area contributed by atoms with Crippen LogP contribution in [0.2, 0.25) is 0 Å². The van der Waals surface area contributed by atoms with Crippen molar-refractivity contribution in [3.05, 3.63) is 29.3 Å². The van der Waals surface area contributed by atoms with Crippen molar-refractivity contribution < 1.29 is 4.79 Å². The van der Waals surface area contributed by atoms with E-state index in [1.54, 1.807) is 6.07 Å². The summed E-state index contributed by atoms with van der Waals surface area (Å²) in [6, 6.07) is 7.54. The maximum Gasteiger partial charge on any atom is 0.225 e. The van der Waals surface area contributed by atoms with E-state index in [0.29, 0.717) is 24.2 Å². The average Bonchev–Trinajstić information content (AvgIpc) is 2.29. The largest absolute Gasteiger partial charge is 0.325 e. The molecule has 0 aromatic heterocycles. The molecule has 90 valence electrons. The van der Waals surface area contributed by atoms with Gasteiger partial charge >= 0.3 is 0 Å². The summed E-state index contributed by atoms with van der Waals surface area (Å²) in [7, 11) is 0. The van der Waals surface area contributed by atoms with Crippen LogP contribution >= 0.6 is 0 Å². The summed E-state index contributed by atoms with van der Waals surface area (Å²) in [4.78, 5) is 11.6. The SMILES string of the molecule is CCNCCC(=O)Nc1cccc(C)c1C#N. The van der Waals surface area contributed by atoms with Crippen molar-refractivity contribution in [1.29, 1.82) is 5.26 Å². The number of nitriles is 1. The van der Waals surface area contributed by atoms with Crippen molar-refractivity contribution in [2.75, 3.05) is 18.4 Å². The molecule has 1 rings (SSSR count). The van der Waals surface area contributed by atoms with Crippen molar-refractivity contribution in [3.8, 4) is 6.07 Å². The molecule has 1 aromatic carbocycles. The molecular weight excluding hydrogens is 214 g/mol. The van der Waals surface area contributed by atoms with Crippen molar-refractivity contribution in [3.63, 3.8) is 0 Å². The first kappa shape index (κ1) is 13.2. The van der Waals surface area contributed by atoms with Gasteiger partial charge in [0, 0.05) is 13.0 Å². The Morgan fingerprint density at radius 3 is 2.88 bits per heavy atom. The van der Waals surface area contributed by atoms with E-state index in [4.69, 9.17) is 5.26 Å². The number of rotatable bonds is 5. The summed E-state index contributed by atoms with van der Waals surface area (Å²) in [5.74, 6) is -0.0759. The smallest absolute Gasteiger partial charge is 0.225 e. The third-order valence-corrected chi connectivity index (χ3v) is 2.44. The third-order valence-electron chi connectivity index (χ3n) is 2.44. The van der Waals surface area contributed by atoms with Crippen molar-refractivity contribution >= 4 is 11.6 Å². The minimum absolute atomic E-state index is 0.0759. The summed E-state index contributed by atoms with van der Waals surface area (Å²) >= 11 is 0. The second kappa shape index (κ2) is 6.66. The highest BCUT2D eigenvalue weighted by Gasteiger charge is 2.07. The summed E-state index contributed by atoms with van der Waals surface area (Å²) in [5, 5.41) is 14.9. The van der Waals surface area contributed by atoms with Crippen LogP contribution in [-0.4, -0.2) is 19.0 Å². The molecule has 4 nitrogen and oxygen atoms in total. The van der Waals surface area contributed by atoms with E-state index >= 15 is 0 Å². The van der Waals surface area contributed by atoms with Crippen LogP contribution in [0.1, 0.15) is 24.5 Å². The molecule has 0 aliphatic rings. The number of nitrogens with zero attached hydrogens (tertiary/aromatic N) is 1. The maximum absolute atomic E-state index is 11.6. The van der Waals surface area contributed by atoms with Gasteiger partial charge in [-0.15, -0.1) is 0 Å². The molecule has 1 aromatic rings. The number of aryl methyl sites for hydroxylation is 1. The molecule has 0 aliphatic carbocycles. The molecular formula is C13H17N3O. The first-order valence-corrected chi connectivity index (χ1v) is 5.69. The van der Waals surface area contributed by atoms with Crippen LogP contribution in [0.15, 0.2) is 18.2 Å². The van der Waals surface area contributed by atoms with E-state index in [1.807, 2.05) is 26.0 Å². The monoisotopic (exact) mass is 231 g/mol. The third kappa shape index (κ3) is 3.89. The van der Waals surface area contributed by atoms with E-state index in [1.165, 1.54) is 0 Å². The zero-order valence-electron chi connectivity index (χ0n) is 10.2. The average molecular weight is 231 g/mol. The number of hydrogen-bond acceptors (Lipinski definition) is 3. The number of carbonyl (C=O) groups excluding carboxylic acids is 1. The van der Waals surface area contributed by atoms with Gasteiger partial charge in [0.15, 0.2) is 0 Å². The van der Waals surface area contributed by atoms with Gasteiger partial charge in [0.25, 0.3) is 0 Å². The van der Waals surface area contributed by atoms with Crippen LogP contribution in [-0.2, 0) is 4.79 Å². The molecule has 2 N–H and O–H groups in total. The Hall–Kier alpha value is -1.86. The Labute approximate surface area is 102 Å².